The Morgan fingerprint density at radius 2 is 2.11 bits per heavy atom. The molecule has 1 atom stereocenters. The molecule has 6 heteroatoms. The molecule has 2 aromatic rings. The molecule has 0 aliphatic carbocycles. The second kappa shape index (κ2) is 4.64. The zero-order chi connectivity index (χ0) is 13.2. The summed E-state index contributed by atoms with van der Waals surface area (Å²) in [5, 5.41) is 10.8. The minimum atomic E-state index is -0.431. The van der Waals surface area contributed by atoms with E-state index in [-0.39, 0.29) is 18.3 Å². The molecule has 1 aromatic carbocycles. The molecular weight excluding hydrogens is 250 g/mol. The number of benzene rings is 1. The summed E-state index contributed by atoms with van der Waals surface area (Å²) >= 11 is 0. The lowest BCUT2D eigenvalue weighted by atomic mass is 9.96. The SMILES string of the molecule is O=[N+]([O-])CC(c1ccc2c(c1)OCO2)c1ccco1. The quantitative estimate of drug-likeness (QED) is 0.624. The van der Waals surface area contributed by atoms with Crippen LogP contribution in [0, 0.1) is 10.1 Å². The van der Waals surface area contributed by atoms with Crippen LogP contribution in [0.1, 0.15) is 17.2 Å². The Kier molecular flexibility index (Phi) is 2.83. The number of furan rings is 1. The van der Waals surface area contributed by atoms with Crippen LogP contribution in [0.15, 0.2) is 41.0 Å². The predicted molar refractivity (Wildman–Crippen MR) is 65.0 cm³/mol. The summed E-state index contributed by atoms with van der Waals surface area (Å²) in [6.07, 6.45) is 1.51. The van der Waals surface area contributed by atoms with Gasteiger partial charge >= 0.3 is 0 Å². The molecule has 1 aliphatic rings. The number of hydrogen-bond acceptors (Lipinski definition) is 5. The van der Waals surface area contributed by atoms with E-state index in [4.69, 9.17) is 13.9 Å². The molecule has 0 radical (unpaired) electrons. The highest BCUT2D eigenvalue weighted by Gasteiger charge is 2.25. The molecule has 2 heterocycles. The Morgan fingerprint density at radius 1 is 1.26 bits per heavy atom. The number of nitrogens with zero attached hydrogens (tertiary/aromatic N) is 1. The van der Waals surface area contributed by atoms with Crippen molar-refractivity contribution < 1.29 is 18.8 Å². The summed E-state index contributed by atoms with van der Waals surface area (Å²) in [4.78, 5) is 10.5. The molecule has 98 valence electrons. The second-order valence-corrected chi connectivity index (χ2v) is 4.20. The lowest BCUT2D eigenvalue weighted by Crippen LogP contribution is -2.13. The van der Waals surface area contributed by atoms with E-state index in [1.807, 2.05) is 0 Å². The minimum absolute atomic E-state index is 0.180. The summed E-state index contributed by atoms with van der Waals surface area (Å²) in [5.74, 6) is 1.40. The highest BCUT2D eigenvalue weighted by atomic mass is 16.7. The van der Waals surface area contributed by atoms with Gasteiger partial charge in [0.25, 0.3) is 0 Å². The average Bonchev–Trinajstić information content (AvgIpc) is 3.06. The third-order valence-electron chi connectivity index (χ3n) is 3.02. The Hall–Kier alpha value is -2.50. The van der Waals surface area contributed by atoms with Gasteiger partial charge in [0, 0.05) is 4.92 Å². The molecule has 1 aliphatic heterocycles. The van der Waals surface area contributed by atoms with E-state index >= 15 is 0 Å². The van der Waals surface area contributed by atoms with Crippen molar-refractivity contribution in [1.29, 1.82) is 0 Å². The summed E-state index contributed by atoms with van der Waals surface area (Å²) in [6.45, 7) is -0.0490. The Morgan fingerprint density at radius 3 is 2.84 bits per heavy atom. The normalized spacial score (nSPS) is 14.3. The van der Waals surface area contributed by atoms with Crippen LogP contribution in [-0.4, -0.2) is 18.3 Å². The van der Waals surface area contributed by atoms with Gasteiger partial charge in [0.15, 0.2) is 11.5 Å². The Bertz CT molecular complexity index is 593. The van der Waals surface area contributed by atoms with Gasteiger partial charge in [-0.1, -0.05) is 6.07 Å². The van der Waals surface area contributed by atoms with Crippen molar-refractivity contribution in [2.24, 2.45) is 0 Å². The van der Waals surface area contributed by atoms with E-state index in [1.165, 1.54) is 6.26 Å². The maximum Gasteiger partial charge on any atom is 0.231 e. The maximum atomic E-state index is 10.8. The highest BCUT2D eigenvalue weighted by molar-refractivity contribution is 5.46. The smallest absolute Gasteiger partial charge is 0.231 e. The second-order valence-electron chi connectivity index (χ2n) is 4.20. The van der Waals surface area contributed by atoms with Crippen molar-refractivity contribution in [3.05, 3.63) is 58.0 Å². The molecule has 6 nitrogen and oxygen atoms in total. The van der Waals surface area contributed by atoms with E-state index in [1.54, 1.807) is 30.3 Å². The van der Waals surface area contributed by atoms with Crippen molar-refractivity contribution in [3.8, 4) is 11.5 Å². The third-order valence-corrected chi connectivity index (χ3v) is 3.02. The average molecular weight is 261 g/mol. The van der Waals surface area contributed by atoms with Gasteiger partial charge in [-0.3, -0.25) is 10.1 Å². The van der Waals surface area contributed by atoms with Crippen LogP contribution in [0.3, 0.4) is 0 Å². The molecular formula is C13H11NO5. The van der Waals surface area contributed by atoms with E-state index < -0.39 is 5.92 Å². The molecule has 0 saturated heterocycles. The zero-order valence-corrected chi connectivity index (χ0v) is 9.94. The Balaban J connectivity index is 1.97. The van der Waals surface area contributed by atoms with E-state index in [0.717, 1.165) is 5.56 Å². The first-order valence-corrected chi connectivity index (χ1v) is 5.79. The summed E-state index contributed by atoms with van der Waals surface area (Å²) < 4.78 is 15.8. The van der Waals surface area contributed by atoms with Gasteiger partial charge in [-0.25, -0.2) is 0 Å². The van der Waals surface area contributed by atoms with Gasteiger partial charge in [0.05, 0.1) is 6.26 Å². The predicted octanol–water partition coefficient (Wildman–Crippen LogP) is 2.42. The fourth-order valence-electron chi connectivity index (χ4n) is 2.13. The molecule has 3 rings (SSSR count). The largest absolute Gasteiger partial charge is 0.468 e. The summed E-state index contributed by atoms with van der Waals surface area (Å²) in [6, 6.07) is 8.77. The topological polar surface area (TPSA) is 74.7 Å². The highest BCUT2D eigenvalue weighted by Crippen LogP contribution is 2.36. The maximum absolute atomic E-state index is 10.8. The lowest BCUT2D eigenvalue weighted by Gasteiger charge is -2.11. The number of ether oxygens (including phenoxy) is 2. The molecule has 0 spiro atoms. The fraction of sp³-hybridized carbons (Fsp3) is 0.231. The van der Waals surface area contributed by atoms with Crippen molar-refractivity contribution in [2.45, 2.75) is 5.92 Å². The fourth-order valence-corrected chi connectivity index (χ4v) is 2.13. The zero-order valence-electron chi connectivity index (χ0n) is 9.94. The molecule has 0 fully saturated rings. The van der Waals surface area contributed by atoms with Gasteiger partial charge in [-0.2, -0.15) is 0 Å². The van der Waals surface area contributed by atoms with Crippen molar-refractivity contribution in [2.75, 3.05) is 13.3 Å². The number of nitro groups is 1. The first-order chi connectivity index (χ1) is 9.24. The molecule has 0 bridgehead atoms. The molecule has 0 amide bonds. The molecule has 1 aromatic heterocycles. The summed E-state index contributed by atoms with van der Waals surface area (Å²) in [5.41, 5.74) is 0.774. The monoisotopic (exact) mass is 261 g/mol. The molecule has 0 saturated carbocycles. The first kappa shape index (κ1) is 11.6. The first-order valence-electron chi connectivity index (χ1n) is 5.79. The molecule has 19 heavy (non-hydrogen) atoms. The van der Waals surface area contributed by atoms with Crippen LogP contribution in [0.2, 0.25) is 0 Å². The van der Waals surface area contributed by atoms with Crippen LogP contribution in [0.25, 0.3) is 0 Å². The van der Waals surface area contributed by atoms with E-state index in [9.17, 15) is 10.1 Å². The van der Waals surface area contributed by atoms with Crippen LogP contribution in [-0.2, 0) is 0 Å². The van der Waals surface area contributed by atoms with Gasteiger partial charge in [-0.15, -0.1) is 0 Å². The van der Waals surface area contributed by atoms with E-state index in [0.29, 0.717) is 17.3 Å². The Labute approximate surface area is 108 Å². The van der Waals surface area contributed by atoms with E-state index in [2.05, 4.69) is 0 Å². The number of hydrogen-bond donors (Lipinski definition) is 0. The lowest BCUT2D eigenvalue weighted by molar-refractivity contribution is -0.482. The van der Waals surface area contributed by atoms with Gasteiger partial charge in [0.1, 0.15) is 11.7 Å². The number of rotatable bonds is 4. The number of fused-ring (bicyclic) bond motifs is 1. The molecule has 0 N–H and O–H groups in total. The van der Waals surface area contributed by atoms with Crippen LogP contribution >= 0.6 is 0 Å². The van der Waals surface area contributed by atoms with Crippen LogP contribution in [0.5, 0.6) is 11.5 Å². The standard InChI is InChI=1S/C13H11NO5/c15-14(16)7-10(11-2-1-5-17-11)9-3-4-12-13(6-9)19-8-18-12/h1-6,10H,7-8H2. The van der Waals surface area contributed by atoms with Gasteiger partial charge in [0.2, 0.25) is 13.3 Å². The van der Waals surface area contributed by atoms with Crippen molar-refractivity contribution >= 4 is 0 Å². The van der Waals surface area contributed by atoms with Crippen LogP contribution in [0.4, 0.5) is 0 Å². The third kappa shape index (κ3) is 2.24. The molecule has 1 unspecified atom stereocenters. The van der Waals surface area contributed by atoms with Crippen molar-refractivity contribution in [1.82, 2.24) is 0 Å². The minimum Gasteiger partial charge on any atom is -0.468 e. The van der Waals surface area contributed by atoms with Gasteiger partial charge in [-0.05, 0) is 29.8 Å². The van der Waals surface area contributed by atoms with Gasteiger partial charge < -0.3 is 13.9 Å². The summed E-state index contributed by atoms with van der Waals surface area (Å²) in [7, 11) is 0. The van der Waals surface area contributed by atoms with Crippen molar-refractivity contribution in [3.63, 3.8) is 0 Å². The van der Waals surface area contributed by atoms with Crippen LogP contribution < -0.4 is 9.47 Å².